The average molecular weight is 373 g/mol. The number of carbonyl (C=O) groups is 3. The number of hydrogen-bond donors (Lipinski definition) is 3. The number of aryl methyl sites for hydroxylation is 2. The molecule has 144 valence electrons. The molecule has 2 rings (SSSR count). The highest BCUT2D eigenvalue weighted by atomic mass is 16.5. The summed E-state index contributed by atoms with van der Waals surface area (Å²) in [5, 5.41) is 2.57. The van der Waals surface area contributed by atoms with E-state index in [1.54, 1.807) is 19.9 Å². The molecule has 0 aliphatic heterocycles. The molecule has 1 aromatic heterocycles. The molecule has 8 heteroatoms. The van der Waals surface area contributed by atoms with Crippen LogP contribution >= 0.6 is 0 Å². The number of amides is 3. The maximum Gasteiger partial charge on any atom is 0.407 e. The monoisotopic (exact) mass is 373 g/mol. The molecule has 2 aromatic rings. The van der Waals surface area contributed by atoms with Crippen LogP contribution in [-0.4, -0.2) is 24.5 Å². The van der Waals surface area contributed by atoms with Crippen molar-refractivity contribution in [3.8, 4) is 0 Å². The van der Waals surface area contributed by atoms with E-state index in [4.69, 9.17) is 9.15 Å². The predicted molar refractivity (Wildman–Crippen MR) is 97.7 cm³/mol. The van der Waals surface area contributed by atoms with Crippen molar-refractivity contribution in [3.63, 3.8) is 0 Å². The summed E-state index contributed by atoms with van der Waals surface area (Å²) in [7, 11) is 0. The first-order chi connectivity index (χ1) is 13.0. The molecule has 0 aliphatic carbocycles. The molecule has 0 saturated carbocycles. The van der Waals surface area contributed by atoms with Crippen LogP contribution in [0.25, 0.3) is 0 Å². The largest absolute Gasteiger partial charge is 0.466 e. The van der Waals surface area contributed by atoms with E-state index in [9.17, 15) is 14.4 Å². The van der Waals surface area contributed by atoms with Crippen molar-refractivity contribution >= 4 is 17.9 Å². The molecule has 3 amide bonds. The SMILES string of the molecule is Cc1cc(C(=O)NNC(=O)CCCNC(=O)OCc2ccccc2)c(C)o1. The zero-order chi connectivity index (χ0) is 19.6. The van der Waals surface area contributed by atoms with Gasteiger partial charge in [-0.05, 0) is 31.9 Å². The topological polar surface area (TPSA) is 110 Å². The summed E-state index contributed by atoms with van der Waals surface area (Å²) in [6.07, 6.45) is 0.00705. The summed E-state index contributed by atoms with van der Waals surface area (Å²) in [4.78, 5) is 35.2. The Bertz CT molecular complexity index is 786. The lowest BCUT2D eigenvalue weighted by molar-refractivity contribution is -0.121. The van der Waals surface area contributed by atoms with Gasteiger partial charge >= 0.3 is 6.09 Å². The summed E-state index contributed by atoms with van der Waals surface area (Å²) in [6.45, 7) is 3.88. The zero-order valence-electron chi connectivity index (χ0n) is 15.3. The van der Waals surface area contributed by atoms with Crippen LogP contribution in [0, 0.1) is 13.8 Å². The van der Waals surface area contributed by atoms with Crippen LogP contribution < -0.4 is 16.2 Å². The molecule has 0 unspecified atom stereocenters. The number of alkyl carbamates (subject to hydrolysis) is 1. The zero-order valence-corrected chi connectivity index (χ0v) is 15.3. The summed E-state index contributed by atoms with van der Waals surface area (Å²) >= 11 is 0. The lowest BCUT2D eigenvalue weighted by Gasteiger charge is -2.08. The molecule has 27 heavy (non-hydrogen) atoms. The minimum Gasteiger partial charge on any atom is -0.466 e. The summed E-state index contributed by atoms with van der Waals surface area (Å²) in [6, 6.07) is 10.9. The molecule has 3 N–H and O–H groups in total. The van der Waals surface area contributed by atoms with Crippen LogP contribution in [0.4, 0.5) is 4.79 Å². The number of nitrogens with one attached hydrogen (secondary N) is 3. The standard InChI is InChI=1S/C19H23N3O5/c1-13-11-16(14(2)27-13)18(24)22-21-17(23)9-6-10-20-19(25)26-12-15-7-4-3-5-8-15/h3-5,7-8,11H,6,9-10,12H2,1-2H3,(H,20,25)(H,21,23)(H,22,24). The summed E-state index contributed by atoms with van der Waals surface area (Å²) < 4.78 is 10.3. The molecule has 0 fully saturated rings. The maximum atomic E-state index is 11.9. The van der Waals surface area contributed by atoms with Crippen molar-refractivity contribution in [1.82, 2.24) is 16.2 Å². The van der Waals surface area contributed by atoms with Gasteiger partial charge in [0.05, 0.1) is 5.56 Å². The van der Waals surface area contributed by atoms with E-state index in [1.165, 1.54) is 0 Å². The summed E-state index contributed by atoms with van der Waals surface area (Å²) in [5.41, 5.74) is 5.92. The Labute approximate surface area is 157 Å². The summed E-state index contributed by atoms with van der Waals surface area (Å²) in [5.74, 6) is 0.299. The second kappa shape index (κ2) is 10.0. The normalized spacial score (nSPS) is 10.1. The number of ether oxygens (including phenoxy) is 1. The molecular weight excluding hydrogens is 350 g/mol. The van der Waals surface area contributed by atoms with Gasteiger partial charge in [-0.15, -0.1) is 0 Å². The first kappa shape index (κ1) is 20.0. The van der Waals surface area contributed by atoms with Gasteiger partial charge in [-0.3, -0.25) is 20.4 Å². The maximum absolute atomic E-state index is 11.9. The van der Waals surface area contributed by atoms with Crippen molar-refractivity contribution in [1.29, 1.82) is 0 Å². The second-order valence-corrected chi connectivity index (χ2v) is 5.92. The van der Waals surface area contributed by atoms with Gasteiger partial charge in [0.2, 0.25) is 5.91 Å². The van der Waals surface area contributed by atoms with Crippen LogP contribution in [0.5, 0.6) is 0 Å². The van der Waals surface area contributed by atoms with Crippen molar-refractivity contribution in [2.75, 3.05) is 6.54 Å². The highest BCUT2D eigenvalue weighted by Crippen LogP contribution is 2.12. The van der Waals surface area contributed by atoms with Crippen LogP contribution in [0.15, 0.2) is 40.8 Å². The predicted octanol–water partition coefficient (Wildman–Crippen LogP) is 2.36. The third-order valence-electron chi connectivity index (χ3n) is 3.66. The smallest absolute Gasteiger partial charge is 0.407 e. The number of carbonyl (C=O) groups excluding carboxylic acids is 3. The van der Waals surface area contributed by atoms with Crippen molar-refractivity contribution < 1.29 is 23.5 Å². The van der Waals surface area contributed by atoms with E-state index in [1.807, 2.05) is 30.3 Å². The Hall–Kier alpha value is -3.29. The van der Waals surface area contributed by atoms with E-state index >= 15 is 0 Å². The highest BCUT2D eigenvalue weighted by Gasteiger charge is 2.14. The molecule has 0 spiro atoms. The van der Waals surface area contributed by atoms with Crippen molar-refractivity contribution in [2.45, 2.75) is 33.3 Å². The Balaban J connectivity index is 1.57. The molecule has 8 nitrogen and oxygen atoms in total. The fraction of sp³-hybridized carbons (Fsp3) is 0.316. The van der Waals surface area contributed by atoms with Crippen LogP contribution in [-0.2, 0) is 16.1 Å². The van der Waals surface area contributed by atoms with Gasteiger partial charge < -0.3 is 14.5 Å². The average Bonchev–Trinajstić information content (AvgIpc) is 3.00. The van der Waals surface area contributed by atoms with E-state index < -0.39 is 12.0 Å². The Morgan fingerprint density at radius 1 is 1.07 bits per heavy atom. The second-order valence-electron chi connectivity index (χ2n) is 5.92. The number of benzene rings is 1. The lowest BCUT2D eigenvalue weighted by atomic mass is 10.2. The number of hydrazine groups is 1. The molecule has 1 heterocycles. The third-order valence-corrected chi connectivity index (χ3v) is 3.66. The molecule has 0 radical (unpaired) electrons. The van der Waals surface area contributed by atoms with Gasteiger partial charge in [0.15, 0.2) is 0 Å². The molecule has 0 saturated heterocycles. The fourth-order valence-corrected chi connectivity index (χ4v) is 2.33. The molecule has 0 aliphatic rings. The van der Waals surface area contributed by atoms with E-state index in [0.717, 1.165) is 5.56 Å². The van der Waals surface area contributed by atoms with E-state index in [0.29, 0.717) is 23.5 Å². The van der Waals surface area contributed by atoms with Crippen LogP contribution in [0.2, 0.25) is 0 Å². The Morgan fingerprint density at radius 2 is 1.81 bits per heavy atom. The highest BCUT2D eigenvalue weighted by molar-refractivity contribution is 5.96. The molecule has 0 atom stereocenters. The first-order valence-corrected chi connectivity index (χ1v) is 8.56. The number of furan rings is 1. The molecule has 0 bridgehead atoms. The van der Waals surface area contributed by atoms with Gasteiger partial charge in [-0.2, -0.15) is 0 Å². The van der Waals surface area contributed by atoms with E-state index in [2.05, 4.69) is 16.2 Å². The minimum absolute atomic E-state index is 0.142. The lowest BCUT2D eigenvalue weighted by Crippen LogP contribution is -2.41. The molecule has 1 aromatic carbocycles. The Kier molecular flexibility index (Phi) is 7.42. The van der Waals surface area contributed by atoms with Gasteiger partial charge in [0.25, 0.3) is 5.91 Å². The van der Waals surface area contributed by atoms with Crippen LogP contribution in [0.3, 0.4) is 0 Å². The third kappa shape index (κ3) is 6.85. The fourth-order valence-electron chi connectivity index (χ4n) is 2.33. The number of rotatable bonds is 7. The van der Waals surface area contributed by atoms with Gasteiger partial charge in [0.1, 0.15) is 18.1 Å². The minimum atomic E-state index is -0.543. The Morgan fingerprint density at radius 3 is 2.48 bits per heavy atom. The van der Waals surface area contributed by atoms with E-state index in [-0.39, 0.29) is 25.5 Å². The first-order valence-electron chi connectivity index (χ1n) is 8.56. The van der Waals surface area contributed by atoms with Crippen molar-refractivity contribution in [3.05, 3.63) is 59.0 Å². The quantitative estimate of drug-likeness (QED) is 0.510. The van der Waals surface area contributed by atoms with Gasteiger partial charge in [-0.25, -0.2) is 4.79 Å². The van der Waals surface area contributed by atoms with Crippen LogP contribution in [0.1, 0.15) is 40.3 Å². The van der Waals surface area contributed by atoms with Gasteiger partial charge in [0, 0.05) is 13.0 Å². The van der Waals surface area contributed by atoms with Crippen molar-refractivity contribution in [2.24, 2.45) is 0 Å². The number of hydrogen-bond acceptors (Lipinski definition) is 5. The molecular formula is C19H23N3O5. The van der Waals surface area contributed by atoms with Gasteiger partial charge in [-0.1, -0.05) is 30.3 Å².